The van der Waals surface area contributed by atoms with Crippen LogP contribution in [-0.4, -0.2) is 26.3 Å². The lowest BCUT2D eigenvalue weighted by atomic mass is 10.4. The van der Waals surface area contributed by atoms with E-state index in [1.54, 1.807) is 6.92 Å². The summed E-state index contributed by atoms with van der Waals surface area (Å²) in [6, 6.07) is 0.810. The van der Waals surface area contributed by atoms with Crippen molar-refractivity contribution in [3.8, 4) is 5.82 Å². The lowest BCUT2D eigenvalue weighted by molar-refractivity contribution is -0.141. The Morgan fingerprint density at radius 1 is 1.37 bits per heavy atom. The van der Waals surface area contributed by atoms with E-state index in [9.17, 15) is 13.2 Å². The van der Waals surface area contributed by atoms with Crippen LogP contribution < -0.4 is 5.32 Å². The second kappa shape index (κ2) is 5.04. The van der Waals surface area contributed by atoms with Gasteiger partial charge in [-0.1, -0.05) is 11.6 Å². The van der Waals surface area contributed by atoms with E-state index >= 15 is 0 Å². The fourth-order valence-corrected chi connectivity index (χ4v) is 1.50. The van der Waals surface area contributed by atoms with E-state index in [4.69, 9.17) is 11.6 Å². The molecule has 0 amide bonds. The van der Waals surface area contributed by atoms with Gasteiger partial charge in [0.25, 0.3) is 0 Å². The lowest BCUT2D eigenvalue weighted by Crippen LogP contribution is -2.14. The van der Waals surface area contributed by atoms with Crippen molar-refractivity contribution in [3.05, 3.63) is 29.2 Å². The Labute approximate surface area is 111 Å². The summed E-state index contributed by atoms with van der Waals surface area (Å²) in [6.07, 6.45) is -1.89. The number of hydrogen-bond donors (Lipinski definition) is 1. The maximum atomic E-state index is 12.7. The normalized spacial score (nSPS) is 11.6. The second-order valence-electron chi connectivity index (χ2n) is 3.57. The van der Waals surface area contributed by atoms with Gasteiger partial charge in [-0.25, -0.2) is 9.67 Å². The largest absolute Gasteiger partial charge is 0.433 e. The van der Waals surface area contributed by atoms with Gasteiger partial charge in [0.1, 0.15) is 0 Å². The van der Waals surface area contributed by atoms with Crippen LogP contribution in [-0.2, 0) is 6.18 Å². The molecule has 0 aromatic carbocycles. The molecule has 102 valence electrons. The Kier molecular flexibility index (Phi) is 3.61. The van der Waals surface area contributed by atoms with Crippen LogP contribution in [0.3, 0.4) is 0 Å². The zero-order valence-corrected chi connectivity index (χ0v) is 10.5. The molecule has 0 spiro atoms. The van der Waals surface area contributed by atoms with Gasteiger partial charge in [0.2, 0.25) is 5.95 Å². The maximum absolute atomic E-state index is 12.7. The Bertz CT molecular complexity index is 581. The molecule has 0 aliphatic carbocycles. The van der Waals surface area contributed by atoms with Gasteiger partial charge in [0, 0.05) is 12.6 Å². The predicted molar refractivity (Wildman–Crippen MR) is 63.3 cm³/mol. The number of nitrogens with one attached hydrogen (secondary N) is 1. The number of hydrogen-bond acceptors (Lipinski definition) is 4. The fourth-order valence-electron chi connectivity index (χ4n) is 1.36. The summed E-state index contributed by atoms with van der Waals surface area (Å²) >= 11 is 5.68. The SMILES string of the molecule is CCNc1nc(-n2cc(Cl)cn2)cc(C(F)(F)F)n1. The summed E-state index contributed by atoms with van der Waals surface area (Å²) in [4.78, 5) is 7.35. The van der Waals surface area contributed by atoms with Crippen molar-refractivity contribution in [2.75, 3.05) is 11.9 Å². The molecule has 0 atom stereocenters. The van der Waals surface area contributed by atoms with Crippen LogP contribution in [0.25, 0.3) is 5.82 Å². The summed E-state index contributed by atoms with van der Waals surface area (Å²) in [5.41, 5.74) is -1.04. The van der Waals surface area contributed by atoms with Gasteiger partial charge >= 0.3 is 6.18 Å². The number of rotatable bonds is 3. The Balaban J connectivity index is 2.51. The molecule has 0 bridgehead atoms. The lowest BCUT2D eigenvalue weighted by Gasteiger charge is -2.10. The molecule has 1 N–H and O–H groups in total. The van der Waals surface area contributed by atoms with Crippen LogP contribution in [0, 0.1) is 0 Å². The minimum absolute atomic E-state index is 0.00910. The van der Waals surface area contributed by atoms with Crippen molar-refractivity contribution >= 4 is 17.5 Å². The van der Waals surface area contributed by atoms with E-state index in [-0.39, 0.29) is 11.8 Å². The minimum atomic E-state index is -4.56. The Morgan fingerprint density at radius 3 is 2.63 bits per heavy atom. The summed E-state index contributed by atoms with van der Waals surface area (Å²) in [6.45, 7) is 2.13. The van der Waals surface area contributed by atoms with Crippen molar-refractivity contribution in [2.24, 2.45) is 0 Å². The second-order valence-corrected chi connectivity index (χ2v) is 4.00. The predicted octanol–water partition coefficient (Wildman–Crippen LogP) is 2.77. The number of halogens is 4. The molecule has 0 unspecified atom stereocenters. The van der Waals surface area contributed by atoms with E-state index in [0.29, 0.717) is 11.6 Å². The molecule has 9 heteroatoms. The molecule has 2 rings (SSSR count). The summed E-state index contributed by atoms with van der Waals surface area (Å²) in [5, 5.41) is 6.75. The molecular formula is C10H9ClF3N5. The number of nitrogens with zero attached hydrogens (tertiary/aromatic N) is 4. The van der Waals surface area contributed by atoms with Gasteiger partial charge in [-0.2, -0.15) is 23.3 Å². The molecule has 0 saturated carbocycles. The van der Waals surface area contributed by atoms with Crippen LogP contribution in [0.4, 0.5) is 19.1 Å². The highest BCUT2D eigenvalue weighted by Crippen LogP contribution is 2.29. The van der Waals surface area contributed by atoms with Gasteiger partial charge in [-0.05, 0) is 6.92 Å². The average molecular weight is 292 g/mol. The van der Waals surface area contributed by atoms with Crippen molar-refractivity contribution in [3.63, 3.8) is 0 Å². The molecule has 2 aromatic heterocycles. The first-order valence-corrected chi connectivity index (χ1v) is 5.68. The first-order chi connectivity index (χ1) is 8.90. The Morgan fingerprint density at radius 2 is 2.11 bits per heavy atom. The molecule has 0 aliphatic heterocycles. The van der Waals surface area contributed by atoms with Crippen LogP contribution in [0.2, 0.25) is 5.02 Å². The van der Waals surface area contributed by atoms with Crippen LogP contribution in [0.1, 0.15) is 12.6 Å². The van der Waals surface area contributed by atoms with Gasteiger partial charge in [0.15, 0.2) is 11.5 Å². The van der Waals surface area contributed by atoms with Crippen molar-refractivity contribution in [1.82, 2.24) is 19.7 Å². The smallest absolute Gasteiger partial charge is 0.354 e. The molecule has 19 heavy (non-hydrogen) atoms. The van der Waals surface area contributed by atoms with Crippen molar-refractivity contribution in [2.45, 2.75) is 13.1 Å². The quantitative estimate of drug-likeness (QED) is 0.945. The molecule has 5 nitrogen and oxygen atoms in total. The van der Waals surface area contributed by atoms with E-state index in [2.05, 4.69) is 20.4 Å². The highest BCUT2D eigenvalue weighted by Gasteiger charge is 2.34. The van der Waals surface area contributed by atoms with E-state index in [0.717, 1.165) is 10.7 Å². The monoisotopic (exact) mass is 291 g/mol. The van der Waals surface area contributed by atoms with Crippen molar-refractivity contribution in [1.29, 1.82) is 0 Å². The first kappa shape index (κ1) is 13.6. The highest BCUT2D eigenvalue weighted by atomic mass is 35.5. The van der Waals surface area contributed by atoms with Crippen LogP contribution >= 0.6 is 11.6 Å². The topological polar surface area (TPSA) is 55.6 Å². The molecular weight excluding hydrogens is 283 g/mol. The van der Waals surface area contributed by atoms with E-state index in [1.807, 2.05) is 0 Å². The Hall–Kier alpha value is -1.83. The van der Waals surface area contributed by atoms with Gasteiger partial charge in [0.05, 0.1) is 17.4 Å². The van der Waals surface area contributed by atoms with Gasteiger partial charge in [-0.3, -0.25) is 0 Å². The van der Waals surface area contributed by atoms with E-state index < -0.39 is 11.9 Å². The maximum Gasteiger partial charge on any atom is 0.433 e. The number of alkyl halides is 3. The first-order valence-electron chi connectivity index (χ1n) is 5.31. The van der Waals surface area contributed by atoms with Crippen LogP contribution in [0.15, 0.2) is 18.5 Å². The zero-order chi connectivity index (χ0) is 14.0. The number of aromatic nitrogens is 4. The van der Waals surface area contributed by atoms with Gasteiger partial charge < -0.3 is 5.32 Å². The fraction of sp³-hybridized carbons (Fsp3) is 0.300. The van der Waals surface area contributed by atoms with E-state index in [1.165, 1.54) is 12.4 Å². The molecule has 0 fully saturated rings. The van der Waals surface area contributed by atoms with Crippen LogP contribution in [0.5, 0.6) is 0 Å². The zero-order valence-electron chi connectivity index (χ0n) is 9.74. The highest BCUT2D eigenvalue weighted by molar-refractivity contribution is 6.30. The third-order valence-corrected chi connectivity index (χ3v) is 2.32. The molecule has 2 aromatic rings. The van der Waals surface area contributed by atoms with Crippen molar-refractivity contribution < 1.29 is 13.2 Å². The molecule has 0 radical (unpaired) electrons. The third-order valence-electron chi connectivity index (χ3n) is 2.12. The standard InChI is InChI=1S/C10H9ClF3N5/c1-2-15-9-17-7(10(12,13)14)3-8(18-9)19-5-6(11)4-16-19/h3-5H,2H2,1H3,(H,15,17,18). The summed E-state index contributed by atoms with van der Waals surface area (Å²) in [5.74, 6) is -0.121. The summed E-state index contributed by atoms with van der Waals surface area (Å²) < 4.78 is 39.4. The molecule has 2 heterocycles. The number of anilines is 1. The third kappa shape index (κ3) is 3.14. The molecule has 0 saturated heterocycles. The average Bonchev–Trinajstić information content (AvgIpc) is 2.75. The molecule has 0 aliphatic rings. The van der Waals surface area contributed by atoms with Gasteiger partial charge in [-0.15, -0.1) is 0 Å². The summed E-state index contributed by atoms with van der Waals surface area (Å²) in [7, 11) is 0. The minimum Gasteiger partial charge on any atom is -0.354 e.